The number of likely N-dealkylation sites (tertiary alicyclic amines) is 1. The molecule has 0 radical (unpaired) electrons. The normalized spacial score (nSPS) is 18.9. The molecule has 1 N–H and O–H groups in total. The zero-order chi connectivity index (χ0) is 17.2. The summed E-state index contributed by atoms with van der Waals surface area (Å²) in [5, 5.41) is 3.04. The van der Waals surface area contributed by atoms with Crippen molar-refractivity contribution in [1.29, 1.82) is 0 Å². The molecule has 2 heterocycles. The number of anilines is 1. The number of rotatable bonds is 3. The predicted molar refractivity (Wildman–Crippen MR) is 95.6 cm³/mol. The van der Waals surface area contributed by atoms with Crippen molar-refractivity contribution in [1.82, 2.24) is 4.90 Å². The third kappa shape index (κ3) is 3.20. The summed E-state index contributed by atoms with van der Waals surface area (Å²) in [4.78, 5) is 14.7. The van der Waals surface area contributed by atoms with Crippen molar-refractivity contribution in [2.75, 3.05) is 19.0 Å². The van der Waals surface area contributed by atoms with E-state index in [1.807, 2.05) is 41.3 Å². The molecule has 1 atom stereocenters. The number of benzene rings is 2. The molecular weight excluding hydrogens is 316 g/mol. The monoisotopic (exact) mass is 338 g/mol. The Morgan fingerprint density at radius 3 is 2.96 bits per heavy atom. The fourth-order valence-corrected chi connectivity index (χ4v) is 3.65. The average Bonchev–Trinajstić information content (AvgIpc) is 3.30. The Balaban J connectivity index is 1.50. The Morgan fingerprint density at radius 1 is 1.20 bits per heavy atom. The summed E-state index contributed by atoms with van der Waals surface area (Å²) in [6.45, 7) is 2.05. The summed E-state index contributed by atoms with van der Waals surface area (Å²) < 4.78 is 10.8. The fourth-order valence-electron chi connectivity index (χ4n) is 3.65. The highest BCUT2D eigenvalue weighted by atomic mass is 16.5. The molecule has 0 saturated carbocycles. The van der Waals surface area contributed by atoms with E-state index >= 15 is 0 Å². The molecule has 0 unspecified atom stereocenters. The summed E-state index contributed by atoms with van der Waals surface area (Å²) in [6, 6.07) is 14.0. The number of fused-ring (bicyclic) bond motifs is 1. The van der Waals surface area contributed by atoms with Crippen LogP contribution in [0, 0.1) is 0 Å². The van der Waals surface area contributed by atoms with Crippen LogP contribution in [-0.2, 0) is 18.0 Å². The lowest BCUT2D eigenvalue weighted by Crippen LogP contribution is -2.34. The third-order valence-electron chi connectivity index (χ3n) is 4.96. The van der Waals surface area contributed by atoms with Crippen LogP contribution in [0.15, 0.2) is 42.5 Å². The van der Waals surface area contributed by atoms with Crippen LogP contribution in [0.5, 0.6) is 5.75 Å². The number of carbonyl (C=O) groups is 1. The zero-order valence-corrected chi connectivity index (χ0v) is 14.3. The first kappa shape index (κ1) is 16.0. The number of hydrogen-bond donors (Lipinski definition) is 1. The van der Waals surface area contributed by atoms with Crippen molar-refractivity contribution < 1.29 is 14.3 Å². The van der Waals surface area contributed by atoms with Gasteiger partial charge < -0.3 is 19.7 Å². The second-order valence-corrected chi connectivity index (χ2v) is 6.53. The van der Waals surface area contributed by atoms with Gasteiger partial charge >= 0.3 is 6.03 Å². The molecule has 2 aliphatic heterocycles. The first-order valence-corrected chi connectivity index (χ1v) is 8.66. The van der Waals surface area contributed by atoms with E-state index in [2.05, 4.69) is 11.4 Å². The second-order valence-electron chi connectivity index (χ2n) is 6.53. The molecule has 1 saturated heterocycles. The standard InChI is InChI=1S/C20H22N2O3/c1-24-18-5-2-4-14(11-18)19-6-3-9-22(19)20(23)21-17-8-7-15-12-25-13-16(15)10-17/h2,4-5,7-8,10-11,19H,3,6,9,12-13H2,1H3,(H,21,23)/t19-/m0/s1. The van der Waals surface area contributed by atoms with Crippen LogP contribution in [0.4, 0.5) is 10.5 Å². The van der Waals surface area contributed by atoms with E-state index < -0.39 is 0 Å². The van der Waals surface area contributed by atoms with E-state index in [4.69, 9.17) is 9.47 Å². The van der Waals surface area contributed by atoms with E-state index in [9.17, 15) is 4.79 Å². The van der Waals surface area contributed by atoms with Gasteiger partial charge in [0.15, 0.2) is 0 Å². The highest BCUT2D eigenvalue weighted by Crippen LogP contribution is 2.34. The molecular formula is C20H22N2O3. The van der Waals surface area contributed by atoms with Crippen molar-refractivity contribution in [3.05, 3.63) is 59.2 Å². The molecule has 2 aromatic carbocycles. The molecule has 4 rings (SSSR count). The van der Waals surface area contributed by atoms with Crippen molar-refractivity contribution in [3.63, 3.8) is 0 Å². The van der Waals surface area contributed by atoms with E-state index in [0.717, 1.165) is 42.0 Å². The van der Waals surface area contributed by atoms with E-state index in [-0.39, 0.29) is 12.1 Å². The third-order valence-corrected chi connectivity index (χ3v) is 4.96. The molecule has 5 heteroatoms. The van der Waals surface area contributed by atoms with Gasteiger partial charge in [0.1, 0.15) is 5.75 Å². The van der Waals surface area contributed by atoms with Gasteiger partial charge in [-0.2, -0.15) is 0 Å². The van der Waals surface area contributed by atoms with Gasteiger partial charge in [0.25, 0.3) is 0 Å². The van der Waals surface area contributed by atoms with Gasteiger partial charge in [-0.3, -0.25) is 0 Å². The van der Waals surface area contributed by atoms with Crippen LogP contribution in [0.1, 0.15) is 35.6 Å². The van der Waals surface area contributed by atoms with Gasteiger partial charge in [0.2, 0.25) is 0 Å². The molecule has 2 aromatic rings. The Kier molecular flexibility index (Phi) is 4.32. The number of hydrogen-bond acceptors (Lipinski definition) is 3. The van der Waals surface area contributed by atoms with Crippen molar-refractivity contribution >= 4 is 11.7 Å². The number of ether oxygens (including phenoxy) is 2. The molecule has 2 aliphatic rings. The summed E-state index contributed by atoms with van der Waals surface area (Å²) in [5.74, 6) is 0.823. The number of amides is 2. The second kappa shape index (κ2) is 6.76. The Morgan fingerprint density at radius 2 is 2.08 bits per heavy atom. The largest absolute Gasteiger partial charge is 0.497 e. The average molecular weight is 338 g/mol. The minimum absolute atomic E-state index is 0.0517. The van der Waals surface area contributed by atoms with E-state index in [1.54, 1.807) is 7.11 Å². The van der Waals surface area contributed by atoms with Crippen LogP contribution in [0.3, 0.4) is 0 Å². The lowest BCUT2D eigenvalue weighted by molar-refractivity contribution is 0.134. The fraction of sp³-hybridized carbons (Fsp3) is 0.350. The smallest absolute Gasteiger partial charge is 0.322 e. The molecule has 1 fully saturated rings. The molecule has 0 bridgehead atoms. The first-order chi connectivity index (χ1) is 12.2. The molecule has 130 valence electrons. The van der Waals surface area contributed by atoms with Crippen molar-refractivity contribution in [3.8, 4) is 5.75 Å². The molecule has 2 amide bonds. The Bertz CT molecular complexity index is 790. The summed E-state index contributed by atoms with van der Waals surface area (Å²) in [5.41, 5.74) is 4.30. The van der Waals surface area contributed by atoms with Crippen LogP contribution in [0.25, 0.3) is 0 Å². The van der Waals surface area contributed by atoms with Crippen LogP contribution in [-0.4, -0.2) is 24.6 Å². The zero-order valence-electron chi connectivity index (χ0n) is 14.3. The molecule has 0 spiro atoms. The molecule has 0 aliphatic carbocycles. The van der Waals surface area contributed by atoms with Gasteiger partial charge in [-0.15, -0.1) is 0 Å². The lowest BCUT2D eigenvalue weighted by atomic mass is 10.0. The molecule has 5 nitrogen and oxygen atoms in total. The maximum atomic E-state index is 12.8. The molecule has 0 aromatic heterocycles. The van der Waals surface area contributed by atoms with Crippen molar-refractivity contribution in [2.45, 2.75) is 32.1 Å². The maximum Gasteiger partial charge on any atom is 0.322 e. The quantitative estimate of drug-likeness (QED) is 0.917. The van der Waals surface area contributed by atoms with Crippen LogP contribution in [0.2, 0.25) is 0 Å². The summed E-state index contributed by atoms with van der Waals surface area (Å²) in [6.07, 6.45) is 1.98. The van der Waals surface area contributed by atoms with Gasteiger partial charge in [0, 0.05) is 12.2 Å². The minimum Gasteiger partial charge on any atom is -0.497 e. The topological polar surface area (TPSA) is 50.8 Å². The number of urea groups is 1. The van der Waals surface area contributed by atoms with Gasteiger partial charge in [-0.05, 0) is 53.8 Å². The predicted octanol–water partition coefficient (Wildman–Crippen LogP) is 4.09. The summed E-state index contributed by atoms with van der Waals surface area (Å²) in [7, 11) is 1.66. The Labute approximate surface area is 147 Å². The SMILES string of the molecule is COc1cccc([C@@H]2CCCN2C(=O)Nc2ccc3c(c2)COC3)c1. The maximum absolute atomic E-state index is 12.8. The Hall–Kier alpha value is -2.53. The highest BCUT2D eigenvalue weighted by molar-refractivity contribution is 5.90. The number of carbonyl (C=O) groups excluding carboxylic acids is 1. The van der Waals surface area contributed by atoms with Crippen LogP contribution < -0.4 is 10.1 Å². The highest BCUT2D eigenvalue weighted by Gasteiger charge is 2.30. The van der Waals surface area contributed by atoms with Crippen molar-refractivity contribution in [2.24, 2.45) is 0 Å². The van der Waals surface area contributed by atoms with E-state index in [1.165, 1.54) is 5.56 Å². The summed E-state index contributed by atoms with van der Waals surface area (Å²) >= 11 is 0. The number of nitrogens with zero attached hydrogens (tertiary/aromatic N) is 1. The number of nitrogens with one attached hydrogen (secondary N) is 1. The number of methoxy groups -OCH3 is 1. The lowest BCUT2D eigenvalue weighted by Gasteiger charge is -2.25. The molecule has 25 heavy (non-hydrogen) atoms. The van der Waals surface area contributed by atoms with Gasteiger partial charge in [0.05, 0.1) is 26.4 Å². The van der Waals surface area contributed by atoms with Crippen LogP contribution >= 0.6 is 0 Å². The minimum atomic E-state index is -0.0517. The van der Waals surface area contributed by atoms with Gasteiger partial charge in [-0.1, -0.05) is 18.2 Å². The van der Waals surface area contributed by atoms with Gasteiger partial charge in [-0.25, -0.2) is 4.79 Å². The first-order valence-electron chi connectivity index (χ1n) is 8.66. The van der Waals surface area contributed by atoms with E-state index in [0.29, 0.717) is 13.2 Å².